The zero-order valence-electron chi connectivity index (χ0n) is 9.28. The van der Waals surface area contributed by atoms with Crippen LogP contribution in [-0.2, 0) is 14.6 Å². The minimum absolute atomic E-state index is 0.147. The highest BCUT2D eigenvalue weighted by molar-refractivity contribution is 7.92. The van der Waals surface area contributed by atoms with E-state index in [-0.39, 0.29) is 6.04 Å². The summed E-state index contributed by atoms with van der Waals surface area (Å²) >= 11 is 0. The summed E-state index contributed by atoms with van der Waals surface area (Å²) in [5, 5.41) is 1.59. The van der Waals surface area contributed by atoms with Gasteiger partial charge in [0.15, 0.2) is 9.84 Å². The van der Waals surface area contributed by atoms with Crippen molar-refractivity contribution in [3.63, 3.8) is 0 Å². The van der Waals surface area contributed by atoms with Gasteiger partial charge in [-0.25, -0.2) is 8.42 Å². The third-order valence-electron chi connectivity index (χ3n) is 2.21. The van der Waals surface area contributed by atoms with E-state index < -0.39 is 21.0 Å². The van der Waals surface area contributed by atoms with Crippen LogP contribution in [0.3, 0.4) is 0 Å². The maximum absolute atomic E-state index is 11.5. The SMILES string of the molecule is C#CCC(CC)NC(=O)C(C)S(C)(=O)=O. The molecule has 0 radical (unpaired) electrons. The van der Waals surface area contributed by atoms with Crippen LogP contribution in [0.1, 0.15) is 26.7 Å². The summed E-state index contributed by atoms with van der Waals surface area (Å²) in [6.45, 7) is 3.25. The molecule has 0 bridgehead atoms. The van der Waals surface area contributed by atoms with Crippen molar-refractivity contribution >= 4 is 15.7 Å². The molecule has 1 N–H and O–H groups in total. The maximum atomic E-state index is 11.5. The van der Waals surface area contributed by atoms with Gasteiger partial charge in [-0.1, -0.05) is 6.92 Å². The summed E-state index contributed by atoms with van der Waals surface area (Å²) in [6, 6.07) is -0.147. The number of hydrogen-bond donors (Lipinski definition) is 1. The molecule has 0 spiro atoms. The highest BCUT2D eigenvalue weighted by Crippen LogP contribution is 2.01. The van der Waals surface area contributed by atoms with Gasteiger partial charge in [-0.3, -0.25) is 4.79 Å². The minimum atomic E-state index is -3.33. The van der Waals surface area contributed by atoms with Crippen molar-refractivity contribution in [2.75, 3.05) is 6.26 Å². The number of rotatable bonds is 5. The molecule has 0 heterocycles. The Bertz CT molecular complexity index is 353. The molecule has 1 amide bonds. The van der Waals surface area contributed by atoms with E-state index >= 15 is 0 Å². The van der Waals surface area contributed by atoms with E-state index in [0.29, 0.717) is 12.8 Å². The van der Waals surface area contributed by atoms with Gasteiger partial charge in [-0.05, 0) is 13.3 Å². The number of hydrogen-bond acceptors (Lipinski definition) is 3. The topological polar surface area (TPSA) is 63.2 Å². The van der Waals surface area contributed by atoms with Crippen LogP contribution < -0.4 is 5.32 Å². The fraction of sp³-hybridized carbons (Fsp3) is 0.700. The Kier molecular flexibility index (Phi) is 5.37. The molecule has 0 saturated carbocycles. The van der Waals surface area contributed by atoms with Crippen molar-refractivity contribution in [2.45, 2.75) is 38.0 Å². The molecule has 86 valence electrons. The van der Waals surface area contributed by atoms with Crippen molar-refractivity contribution in [1.82, 2.24) is 5.32 Å². The second-order valence-electron chi connectivity index (χ2n) is 3.49. The zero-order valence-corrected chi connectivity index (χ0v) is 10.1. The molecular weight excluding hydrogens is 214 g/mol. The van der Waals surface area contributed by atoms with Crippen molar-refractivity contribution in [1.29, 1.82) is 0 Å². The number of nitrogens with one attached hydrogen (secondary N) is 1. The first-order valence-electron chi connectivity index (χ1n) is 4.75. The Morgan fingerprint density at radius 2 is 2.07 bits per heavy atom. The van der Waals surface area contributed by atoms with Crippen molar-refractivity contribution in [3.8, 4) is 12.3 Å². The third-order valence-corrected chi connectivity index (χ3v) is 3.71. The molecule has 0 aromatic rings. The quantitative estimate of drug-likeness (QED) is 0.694. The Hall–Kier alpha value is -1.02. The Morgan fingerprint density at radius 3 is 2.40 bits per heavy atom. The summed E-state index contributed by atoms with van der Waals surface area (Å²) in [6.07, 6.45) is 7.27. The van der Waals surface area contributed by atoms with Gasteiger partial charge in [0, 0.05) is 18.7 Å². The van der Waals surface area contributed by atoms with Crippen LogP contribution >= 0.6 is 0 Å². The minimum Gasteiger partial charge on any atom is -0.351 e. The molecule has 0 aliphatic rings. The largest absolute Gasteiger partial charge is 0.351 e. The van der Waals surface area contributed by atoms with Gasteiger partial charge in [-0.2, -0.15) is 0 Å². The van der Waals surface area contributed by atoms with Crippen molar-refractivity contribution in [2.24, 2.45) is 0 Å². The van der Waals surface area contributed by atoms with E-state index in [1.165, 1.54) is 6.92 Å². The standard InChI is InChI=1S/C10H17NO3S/c1-5-7-9(6-2)11-10(12)8(3)15(4,13)14/h1,8-9H,6-7H2,2-4H3,(H,11,12). The predicted octanol–water partition coefficient (Wildman–Crippen LogP) is 0.338. The van der Waals surface area contributed by atoms with Gasteiger partial charge in [0.2, 0.25) is 5.91 Å². The first-order chi connectivity index (χ1) is 6.82. The van der Waals surface area contributed by atoms with Crippen LogP contribution in [0, 0.1) is 12.3 Å². The molecule has 0 aliphatic carbocycles. The molecule has 0 fully saturated rings. The normalized spacial score (nSPS) is 15.1. The second kappa shape index (κ2) is 5.76. The molecular formula is C10H17NO3S. The number of carbonyl (C=O) groups excluding carboxylic acids is 1. The van der Waals surface area contributed by atoms with Crippen LogP contribution in [-0.4, -0.2) is 31.9 Å². The van der Waals surface area contributed by atoms with E-state index in [2.05, 4.69) is 11.2 Å². The predicted molar refractivity (Wildman–Crippen MR) is 60.0 cm³/mol. The van der Waals surface area contributed by atoms with Crippen LogP contribution in [0.5, 0.6) is 0 Å². The summed E-state index contributed by atoms with van der Waals surface area (Å²) in [5.41, 5.74) is 0. The second-order valence-corrected chi connectivity index (χ2v) is 5.86. The first kappa shape index (κ1) is 14.0. The first-order valence-corrected chi connectivity index (χ1v) is 6.71. The van der Waals surface area contributed by atoms with Crippen LogP contribution in [0.15, 0.2) is 0 Å². The third kappa shape index (κ3) is 4.84. The van der Waals surface area contributed by atoms with E-state index in [1.54, 1.807) is 0 Å². The summed E-state index contributed by atoms with van der Waals surface area (Å²) in [5.74, 6) is 1.95. The monoisotopic (exact) mass is 231 g/mol. The lowest BCUT2D eigenvalue weighted by Crippen LogP contribution is -2.42. The summed E-state index contributed by atoms with van der Waals surface area (Å²) in [4.78, 5) is 11.5. The Balaban J connectivity index is 4.43. The van der Waals surface area contributed by atoms with Crippen LogP contribution in [0.2, 0.25) is 0 Å². The molecule has 5 heteroatoms. The number of terminal acetylenes is 1. The molecule has 0 aromatic heterocycles. The molecule has 15 heavy (non-hydrogen) atoms. The molecule has 0 rings (SSSR count). The van der Waals surface area contributed by atoms with Gasteiger partial charge in [-0.15, -0.1) is 12.3 Å². The smallest absolute Gasteiger partial charge is 0.238 e. The summed E-state index contributed by atoms with van der Waals surface area (Å²) in [7, 11) is -3.33. The maximum Gasteiger partial charge on any atom is 0.238 e. The van der Waals surface area contributed by atoms with Crippen LogP contribution in [0.4, 0.5) is 0 Å². The lowest BCUT2D eigenvalue weighted by atomic mass is 10.1. The van der Waals surface area contributed by atoms with Gasteiger partial charge in [0.25, 0.3) is 0 Å². The highest BCUT2D eigenvalue weighted by atomic mass is 32.2. The van der Waals surface area contributed by atoms with E-state index in [0.717, 1.165) is 6.26 Å². The summed E-state index contributed by atoms with van der Waals surface area (Å²) < 4.78 is 22.2. The van der Waals surface area contributed by atoms with Crippen molar-refractivity contribution in [3.05, 3.63) is 0 Å². The molecule has 0 aliphatic heterocycles. The average molecular weight is 231 g/mol. The number of amides is 1. The van der Waals surface area contributed by atoms with Crippen molar-refractivity contribution < 1.29 is 13.2 Å². The molecule has 2 atom stereocenters. The van der Waals surface area contributed by atoms with Gasteiger partial charge >= 0.3 is 0 Å². The highest BCUT2D eigenvalue weighted by Gasteiger charge is 2.24. The number of carbonyl (C=O) groups is 1. The van der Waals surface area contributed by atoms with E-state index in [1.807, 2.05) is 6.92 Å². The zero-order chi connectivity index (χ0) is 12.1. The number of sulfone groups is 1. The Labute approximate surface area is 91.4 Å². The fourth-order valence-electron chi connectivity index (χ4n) is 0.953. The van der Waals surface area contributed by atoms with E-state index in [4.69, 9.17) is 6.42 Å². The lowest BCUT2D eigenvalue weighted by Gasteiger charge is -2.16. The van der Waals surface area contributed by atoms with Gasteiger partial charge < -0.3 is 5.32 Å². The fourth-order valence-corrected chi connectivity index (χ4v) is 1.41. The molecule has 0 saturated heterocycles. The lowest BCUT2D eigenvalue weighted by molar-refractivity contribution is -0.121. The molecule has 2 unspecified atom stereocenters. The van der Waals surface area contributed by atoms with E-state index in [9.17, 15) is 13.2 Å². The van der Waals surface area contributed by atoms with Gasteiger partial charge in [0.1, 0.15) is 5.25 Å². The average Bonchev–Trinajstić information content (AvgIpc) is 2.14. The molecule has 0 aromatic carbocycles. The van der Waals surface area contributed by atoms with Crippen LogP contribution in [0.25, 0.3) is 0 Å². The van der Waals surface area contributed by atoms with Gasteiger partial charge in [0.05, 0.1) is 0 Å². The Morgan fingerprint density at radius 1 is 1.53 bits per heavy atom. The molecule has 4 nitrogen and oxygen atoms in total.